The van der Waals surface area contributed by atoms with Crippen molar-refractivity contribution >= 4 is 29.7 Å². The standard InChI is InChI=1S/C36H34NO2P/c1-36(2,35(39)37-33(26-38)27-15-6-3-7-16-27)29-18-14-17-28(25-29)32-23-12-13-24-34(32)40(30-19-8-4-9-20-30)31-21-10-5-11-22-31/h3-25,33,38H,26H2,1-2H3,(H,37,39)/t33-/m0/s1. The summed E-state index contributed by atoms with van der Waals surface area (Å²) in [7, 11) is -0.787. The third-order valence-corrected chi connectivity index (χ3v) is 9.83. The molecule has 5 aromatic carbocycles. The Morgan fingerprint density at radius 1 is 0.725 bits per heavy atom. The highest BCUT2D eigenvalue weighted by Gasteiger charge is 2.32. The van der Waals surface area contributed by atoms with Crippen molar-refractivity contribution in [1.82, 2.24) is 5.32 Å². The van der Waals surface area contributed by atoms with Gasteiger partial charge in [0.05, 0.1) is 18.1 Å². The van der Waals surface area contributed by atoms with E-state index < -0.39 is 19.4 Å². The number of amides is 1. The van der Waals surface area contributed by atoms with Crippen LogP contribution in [0.1, 0.15) is 31.0 Å². The molecular formula is C36H34NO2P. The lowest BCUT2D eigenvalue weighted by atomic mass is 9.82. The Labute approximate surface area is 238 Å². The van der Waals surface area contributed by atoms with Gasteiger partial charge < -0.3 is 10.4 Å². The van der Waals surface area contributed by atoms with Gasteiger partial charge in [0, 0.05) is 0 Å². The normalized spacial score (nSPS) is 12.2. The molecule has 0 aromatic heterocycles. The van der Waals surface area contributed by atoms with Crippen LogP contribution in [-0.4, -0.2) is 17.6 Å². The summed E-state index contributed by atoms with van der Waals surface area (Å²) in [6.07, 6.45) is 0. The Hall–Kier alpha value is -4.04. The van der Waals surface area contributed by atoms with E-state index in [0.29, 0.717) is 0 Å². The summed E-state index contributed by atoms with van der Waals surface area (Å²) in [6, 6.07) is 47.4. The number of carbonyl (C=O) groups is 1. The van der Waals surface area contributed by atoms with E-state index in [-0.39, 0.29) is 12.5 Å². The molecule has 1 amide bonds. The van der Waals surface area contributed by atoms with Crippen LogP contribution < -0.4 is 21.2 Å². The molecule has 200 valence electrons. The van der Waals surface area contributed by atoms with Gasteiger partial charge in [-0.15, -0.1) is 0 Å². The highest BCUT2D eigenvalue weighted by Crippen LogP contribution is 2.38. The average Bonchev–Trinajstić information content (AvgIpc) is 3.01. The largest absolute Gasteiger partial charge is 0.394 e. The Morgan fingerprint density at radius 3 is 1.88 bits per heavy atom. The van der Waals surface area contributed by atoms with Crippen molar-refractivity contribution in [3.8, 4) is 11.1 Å². The molecule has 4 heteroatoms. The summed E-state index contributed by atoms with van der Waals surface area (Å²) in [5.74, 6) is -0.128. The molecule has 0 heterocycles. The zero-order valence-corrected chi connectivity index (χ0v) is 23.8. The molecule has 0 spiro atoms. The highest BCUT2D eigenvalue weighted by molar-refractivity contribution is 7.80. The van der Waals surface area contributed by atoms with E-state index in [0.717, 1.165) is 22.3 Å². The maximum Gasteiger partial charge on any atom is 0.230 e. The topological polar surface area (TPSA) is 49.3 Å². The molecule has 2 N–H and O–H groups in total. The fourth-order valence-corrected chi connectivity index (χ4v) is 7.43. The number of aliphatic hydroxyl groups excluding tert-OH is 1. The van der Waals surface area contributed by atoms with Crippen LogP contribution in [0, 0.1) is 0 Å². The van der Waals surface area contributed by atoms with Gasteiger partial charge in [-0.25, -0.2) is 0 Å². The Balaban J connectivity index is 1.52. The maximum absolute atomic E-state index is 13.6. The highest BCUT2D eigenvalue weighted by atomic mass is 31.1. The van der Waals surface area contributed by atoms with E-state index in [4.69, 9.17) is 0 Å². The van der Waals surface area contributed by atoms with Crippen molar-refractivity contribution in [3.05, 3.63) is 151 Å². The van der Waals surface area contributed by atoms with Crippen molar-refractivity contribution in [2.45, 2.75) is 25.3 Å². The van der Waals surface area contributed by atoms with Crippen LogP contribution >= 0.6 is 7.92 Å². The molecule has 0 bridgehead atoms. The van der Waals surface area contributed by atoms with Gasteiger partial charge in [-0.05, 0) is 59.9 Å². The molecule has 1 atom stereocenters. The predicted octanol–water partition coefficient (Wildman–Crippen LogP) is 6.24. The van der Waals surface area contributed by atoms with Gasteiger partial charge in [0.25, 0.3) is 0 Å². The van der Waals surface area contributed by atoms with Crippen molar-refractivity contribution in [1.29, 1.82) is 0 Å². The minimum absolute atomic E-state index is 0.128. The van der Waals surface area contributed by atoms with Gasteiger partial charge in [0.15, 0.2) is 0 Å². The second kappa shape index (κ2) is 12.4. The minimum atomic E-state index is -0.809. The molecule has 40 heavy (non-hydrogen) atoms. The monoisotopic (exact) mass is 543 g/mol. The van der Waals surface area contributed by atoms with Crippen LogP contribution in [0.15, 0.2) is 140 Å². The lowest BCUT2D eigenvalue weighted by Gasteiger charge is -2.28. The summed E-state index contributed by atoms with van der Waals surface area (Å²) >= 11 is 0. The Kier molecular flexibility index (Phi) is 8.55. The van der Waals surface area contributed by atoms with Crippen LogP contribution in [0.4, 0.5) is 0 Å². The van der Waals surface area contributed by atoms with Crippen molar-refractivity contribution in [2.24, 2.45) is 0 Å². The molecule has 0 aliphatic rings. The first-order chi connectivity index (χ1) is 19.5. The van der Waals surface area contributed by atoms with Crippen LogP contribution in [0.3, 0.4) is 0 Å². The number of nitrogens with one attached hydrogen (secondary N) is 1. The molecule has 3 nitrogen and oxygen atoms in total. The van der Waals surface area contributed by atoms with E-state index in [1.807, 2.05) is 56.3 Å². The van der Waals surface area contributed by atoms with Crippen molar-refractivity contribution < 1.29 is 9.90 Å². The molecular weight excluding hydrogens is 509 g/mol. The third-order valence-electron chi connectivity index (χ3n) is 7.33. The SMILES string of the molecule is CC(C)(C(=O)N[C@@H](CO)c1ccccc1)c1cccc(-c2ccccc2P(c2ccccc2)c2ccccc2)c1. The number of rotatable bonds is 9. The molecule has 0 fully saturated rings. The average molecular weight is 544 g/mol. The Morgan fingerprint density at radius 2 is 1.27 bits per heavy atom. The van der Waals surface area contributed by atoms with Crippen LogP contribution in [-0.2, 0) is 10.2 Å². The molecule has 5 rings (SSSR count). The predicted molar refractivity (Wildman–Crippen MR) is 168 cm³/mol. The number of carbonyl (C=O) groups excluding carboxylic acids is 1. The number of hydrogen-bond donors (Lipinski definition) is 2. The summed E-state index contributed by atoms with van der Waals surface area (Å²) in [6.45, 7) is 3.71. The van der Waals surface area contributed by atoms with Gasteiger partial charge >= 0.3 is 0 Å². The van der Waals surface area contributed by atoms with E-state index in [1.54, 1.807) is 0 Å². The molecule has 0 aliphatic carbocycles. The minimum Gasteiger partial charge on any atom is -0.394 e. The lowest BCUT2D eigenvalue weighted by molar-refractivity contribution is -0.126. The number of aliphatic hydroxyl groups is 1. The smallest absolute Gasteiger partial charge is 0.230 e. The second-order valence-corrected chi connectivity index (χ2v) is 12.5. The summed E-state index contributed by atoms with van der Waals surface area (Å²) in [5.41, 5.74) is 3.24. The van der Waals surface area contributed by atoms with Gasteiger partial charge in [-0.1, -0.05) is 140 Å². The number of benzene rings is 5. The maximum atomic E-state index is 13.6. The van der Waals surface area contributed by atoms with Gasteiger partial charge in [0.2, 0.25) is 5.91 Å². The molecule has 0 saturated carbocycles. The molecule has 5 aromatic rings. The van der Waals surface area contributed by atoms with E-state index in [9.17, 15) is 9.90 Å². The lowest BCUT2D eigenvalue weighted by Crippen LogP contribution is -2.42. The van der Waals surface area contributed by atoms with E-state index in [1.165, 1.54) is 15.9 Å². The first-order valence-corrected chi connectivity index (χ1v) is 14.9. The van der Waals surface area contributed by atoms with E-state index in [2.05, 4.69) is 102 Å². The summed E-state index contributed by atoms with van der Waals surface area (Å²) in [4.78, 5) is 13.6. The summed E-state index contributed by atoms with van der Waals surface area (Å²) in [5, 5.41) is 16.9. The molecule has 0 saturated heterocycles. The molecule has 0 radical (unpaired) electrons. The van der Waals surface area contributed by atoms with Crippen molar-refractivity contribution in [3.63, 3.8) is 0 Å². The van der Waals surface area contributed by atoms with Crippen LogP contribution in [0.5, 0.6) is 0 Å². The van der Waals surface area contributed by atoms with Crippen LogP contribution in [0.25, 0.3) is 11.1 Å². The second-order valence-electron chi connectivity index (χ2n) is 10.3. The van der Waals surface area contributed by atoms with Crippen LogP contribution in [0.2, 0.25) is 0 Å². The molecule has 0 unspecified atom stereocenters. The zero-order chi connectivity index (χ0) is 28.0. The fourth-order valence-electron chi connectivity index (χ4n) is 4.96. The van der Waals surface area contributed by atoms with Crippen molar-refractivity contribution in [2.75, 3.05) is 6.61 Å². The molecule has 0 aliphatic heterocycles. The van der Waals surface area contributed by atoms with Gasteiger partial charge in [0.1, 0.15) is 0 Å². The van der Waals surface area contributed by atoms with E-state index >= 15 is 0 Å². The summed E-state index contributed by atoms with van der Waals surface area (Å²) < 4.78 is 0. The third kappa shape index (κ3) is 5.92. The fraction of sp³-hybridized carbons (Fsp3) is 0.139. The quantitative estimate of drug-likeness (QED) is 0.216. The number of hydrogen-bond acceptors (Lipinski definition) is 2. The van der Waals surface area contributed by atoms with Gasteiger partial charge in [-0.3, -0.25) is 4.79 Å². The Bertz CT molecular complexity index is 1510. The first kappa shape index (κ1) is 27.5. The first-order valence-electron chi connectivity index (χ1n) is 13.6. The zero-order valence-electron chi connectivity index (χ0n) is 22.9. The van der Waals surface area contributed by atoms with Gasteiger partial charge in [-0.2, -0.15) is 0 Å².